The molecule has 0 saturated heterocycles. The molecule has 1 atom stereocenters. The van der Waals surface area contributed by atoms with Crippen LogP contribution in [0.25, 0.3) is 0 Å². The summed E-state index contributed by atoms with van der Waals surface area (Å²) >= 11 is 0. The van der Waals surface area contributed by atoms with E-state index in [-0.39, 0.29) is 11.1 Å². The standard InChI is InChI=1S/C14H12N2O7S/c17-15(18)12-7-4-8-13(16(19)20)11(12)9-14(24(21,22)23)10-5-2-1-3-6-10/h1-8,14H,9H2,(H,21,22,23). The maximum Gasteiger partial charge on any atom is 0.279 e. The first kappa shape index (κ1) is 17.5. The molecule has 0 aliphatic heterocycles. The molecule has 0 saturated carbocycles. The second-order valence-corrected chi connectivity index (χ2v) is 6.51. The number of rotatable bonds is 6. The minimum absolute atomic E-state index is 0.174. The van der Waals surface area contributed by atoms with Gasteiger partial charge in [0.1, 0.15) is 10.8 Å². The highest BCUT2D eigenvalue weighted by molar-refractivity contribution is 7.86. The van der Waals surface area contributed by atoms with Gasteiger partial charge in [-0.1, -0.05) is 30.3 Å². The molecular weight excluding hydrogens is 340 g/mol. The number of hydrogen-bond acceptors (Lipinski definition) is 6. The SMILES string of the molecule is O=[N+]([O-])c1cccc([N+](=O)[O-])c1CC(c1ccccc1)S(=O)(=O)O. The highest BCUT2D eigenvalue weighted by Gasteiger charge is 2.33. The first-order valence-corrected chi connectivity index (χ1v) is 8.14. The molecule has 1 unspecified atom stereocenters. The van der Waals surface area contributed by atoms with E-state index in [0.29, 0.717) is 0 Å². The van der Waals surface area contributed by atoms with E-state index in [2.05, 4.69) is 0 Å². The zero-order chi connectivity index (χ0) is 17.9. The molecular formula is C14H12N2O7S. The lowest BCUT2D eigenvalue weighted by atomic mass is 10.0. The highest BCUT2D eigenvalue weighted by atomic mass is 32.2. The van der Waals surface area contributed by atoms with Crippen LogP contribution in [0.2, 0.25) is 0 Å². The molecule has 0 bridgehead atoms. The van der Waals surface area contributed by atoms with Crippen molar-refractivity contribution in [2.75, 3.05) is 0 Å². The minimum Gasteiger partial charge on any atom is -0.285 e. The van der Waals surface area contributed by atoms with Gasteiger partial charge in [-0.05, 0) is 11.6 Å². The van der Waals surface area contributed by atoms with Crippen molar-refractivity contribution in [1.29, 1.82) is 0 Å². The zero-order valence-electron chi connectivity index (χ0n) is 12.1. The molecule has 0 aliphatic carbocycles. The number of nitrogens with zero attached hydrogens (tertiary/aromatic N) is 2. The Balaban J connectivity index is 2.62. The second-order valence-electron chi connectivity index (χ2n) is 4.91. The third kappa shape index (κ3) is 3.73. The number of benzene rings is 2. The quantitative estimate of drug-likeness (QED) is 0.478. The van der Waals surface area contributed by atoms with Gasteiger partial charge in [0.05, 0.1) is 9.85 Å². The predicted molar refractivity (Wildman–Crippen MR) is 84.2 cm³/mol. The van der Waals surface area contributed by atoms with Crippen molar-refractivity contribution in [2.24, 2.45) is 0 Å². The molecule has 0 fully saturated rings. The van der Waals surface area contributed by atoms with Crippen molar-refractivity contribution in [3.63, 3.8) is 0 Å². The molecule has 0 spiro atoms. The number of nitro groups is 2. The van der Waals surface area contributed by atoms with E-state index in [0.717, 1.165) is 18.2 Å². The van der Waals surface area contributed by atoms with Gasteiger partial charge in [0, 0.05) is 18.6 Å². The predicted octanol–water partition coefficient (Wildman–Crippen LogP) is 2.67. The van der Waals surface area contributed by atoms with Crippen LogP contribution in [0.3, 0.4) is 0 Å². The molecule has 2 aromatic carbocycles. The Morgan fingerprint density at radius 3 is 1.83 bits per heavy atom. The lowest BCUT2D eigenvalue weighted by molar-refractivity contribution is -0.395. The fraction of sp³-hybridized carbons (Fsp3) is 0.143. The Kier molecular flexibility index (Phi) is 4.90. The summed E-state index contributed by atoms with van der Waals surface area (Å²) in [5.41, 5.74) is -1.34. The summed E-state index contributed by atoms with van der Waals surface area (Å²) in [4.78, 5) is 20.6. The summed E-state index contributed by atoms with van der Waals surface area (Å²) in [7, 11) is -4.65. The van der Waals surface area contributed by atoms with Crippen LogP contribution in [0.4, 0.5) is 11.4 Å². The summed E-state index contributed by atoms with van der Waals surface area (Å²) in [5.74, 6) is 0. The number of hydrogen-bond donors (Lipinski definition) is 1. The highest BCUT2D eigenvalue weighted by Crippen LogP contribution is 2.35. The van der Waals surface area contributed by atoms with Crippen molar-refractivity contribution in [3.05, 3.63) is 79.9 Å². The molecule has 9 nitrogen and oxygen atoms in total. The van der Waals surface area contributed by atoms with E-state index >= 15 is 0 Å². The van der Waals surface area contributed by atoms with Gasteiger partial charge >= 0.3 is 0 Å². The van der Waals surface area contributed by atoms with Gasteiger partial charge in [-0.15, -0.1) is 0 Å². The summed E-state index contributed by atoms with van der Waals surface area (Å²) < 4.78 is 32.9. The molecule has 0 aromatic heterocycles. The molecule has 10 heteroatoms. The first-order chi connectivity index (χ1) is 11.2. The van der Waals surface area contributed by atoms with Gasteiger partial charge in [-0.3, -0.25) is 24.8 Å². The van der Waals surface area contributed by atoms with E-state index in [1.54, 1.807) is 6.07 Å². The van der Waals surface area contributed by atoms with Crippen LogP contribution < -0.4 is 0 Å². The monoisotopic (exact) mass is 352 g/mol. The van der Waals surface area contributed by atoms with Gasteiger partial charge in [0.25, 0.3) is 21.5 Å². The van der Waals surface area contributed by atoms with E-state index in [1.165, 1.54) is 24.3 Å². The van der Waals surface area contributed by atoms with Gasteiger partial charge in [0.2, 0.25) is 0 Å². The third-order valence-corrected chi connectivity index (χ3v) is 4.60. The molecule has 0 amide bonds. The maximum atomic E-state index is 11.7. The fourth-order valence-corrected chi connectivity index (χ4v) is 3.24. The fourth-order valence-electron chi connectivity index (χ4n) is 2.36. The van der Waals surface area contributed by atoms with Gasteiger partial charge in [-0.2, -0.15) is 8.42 Å². The number of nitro benzene ring substituents is 2. The molecule has 2 rings (SSSR count). The third-order valence-electron chi connectivity index (χ3n) is 3.44. The van der Waals surface area contributed by atoms with Crippen LogP contribution in [0.1, 0.15) is 16.4 Å². The smallest absolute Gasteiger partial charge is 0.279 e. The Labute approximate surface area is 136 Å². The lowest BCUT2D eigenvalue weighted by Gasteiger charge is -2.14. The molecule has 0 heterocycles. The lowest BCUT2D eigenvalue weighted by Crippen LogP contribution is -2.16. The minimum atomic E-state index is -4.65. The molecule has 1 N–H and O–H groups in total. The van der Waals surface area contributed by atoms with Crippen LogP contribution in [-0.4, -0.2) is 22.8 Å². The average Bonchev–Trinajstić information content (AvgIpc) is 2.51. The van der Waals surface area contributed by atoms with Crippen LogP contribution in [0.15, 0.2) is 48.5 Å². The molecule has 0 aliphatic rings. The van der Waals surface area contributed by atoms with Gasteiger partial charge < -0.3 is 0 Å². The van der Waals surface area contributed by atoms with E-state index in [4.69, 9.17) is 0 Å². The van der Waals surface area contributed by atoms with Crippen LogP contribution in [-0.2, 0) is 16.5 Å². The second kappa shape index (κ2) is 6.72. The zero-order valence-corrected chi connectivity index (χ0v) is 12.9. The summed E-state index contributed by atoms with van der Waals surface area (Å²) in [5, 5.41) is 20.7. The average molecular weight is 352 g/mol. The topological polar surface area (TPSA) is 141 Å². The summed E-state index contributed by atoms with van der Waals surface area (Å²) in [6.45, 7) is 0. The van der Waals surface area contributed by atoms with Crippen molar-refractivity contribution in [3.8, 4) is 0 Å². The van der Waals surface area contributed by atoms with Crippen LogP contribution in [0.5, 0.6) is 0 Å². The van der Waals surface area contributed by atoms with Crippen molar-refractivity contribution >= 4 is 21.5 Å². The van der Waals surface area contributed by atoms with Crippen LogP contribution >= 0.6 is 0 Å². The van der Waals surface area contributed by atoms with Gasteiger partial charge in [-0.25, -0.2) is 0 Å². The largest absolute Gasteiger partial charge is 0.285 e. The Bertz CT molecular complexity index is 849. The first-order valence-electron chi connectivity index (χ1n) is 6.63. The summed E-state index contributed by atoms with van der Waals surface area (Å²) in [6, 6.07) is 10.8. The molecule has 126 valence electrons. The molecule has 24 heavy (non-hydrogen) atoms. The van der Waals surface area contributed by atoms with Crippen molar-refractivity contribution in [1.82, 2.24) is 0 Å². The Hall–Kier alpha value is -2.85. The molecule has 0 radical (unpaired) electrons. The normalized spacial score (nSPS) is 12.5. The van der Waals surface area contributed by atoms with E-state index in [1.807, 2.05) is 0 Å². The maximum absolute atomic E-state index is 11.7. The Morgan fingerprint density at radius 1 is 0.917 bits per heavy atom. The van der Waals surface area contributed by atoms with Crippen molar-refractivity contribution in [2.45, 2.75) is 11.7 Å². The van der Waals surface area contributed by atoms with E-state index in [9.17, 15) is 33.2 Å². The molecule has 2 aromatic rings. The van der Waals surface area contributed by atoms with Crippen molar-refractivity contribution < 1.29 is 22.8 Å². The van der Waals surface area contributed by atoms with Gasteiger partial charge in [0.15, 0.2) is 0 Å². The van der Waals surface area contributed by atoms with Crippen LogP contribution in [0, 0.1) is 20.2 Å². The summed E-state index contributed by atoms with van der Waals surface area (Å²) in [6.07, 6.45) is -0.601. The van der Waals surface area contributed by atoms with E-state index < -0.39 is 43.0 Å². The Morgan fingerprint density at radius 2 is 1.42 bits per heavy atom.